The van der Waals surface area contributed by atoms with Crippen molar-refractivity contribution in [2.24, 2.45) is 17.8 Å². The summed E-state index contributed by atoms with van der Waals surface area (Å²) in [5.74, 6) is -3.49. The minimum atomic E-state index is -1.18. The predicted molar refractivity (Wildman–Crippen MR) is 279 cm³/mol. The Balaban J connectivity index is 1.14. The molecule has 2 aromatic rings. The molecule has 4 atom stereocenters. The van der Waals surface area contributed by atoms with Gasteiger partial charge in [0.05, 0.1) is 11.6 Å². The highest BCUT2D eigenvalue weighted by Crippen LogP contribution is 2.42. The first-order valence-corrected chi connectivity index (χ1v) is 24.6. The van der Waals surface area contributed by atoms with Gasteiger partial charge >= 0.3 is 12.0 Å². The summed E-state index contributed by atoms with van der Waals surface area (Å²) < 4.78 is 8.37. The molecule has 18 nitrogen and oxygen atoms in total. The smallest absolute Gasteiger partial charge is 0.336 e. The van der Waals surface area contributed by atoms with Crippen LogP contribution >= 0.6 is 0 Å². The molecule has 0 aromatic heterocycles. The lowest BCUT2D eigenvalue weighted by Crippen LogP contribution is -2.59. The van der Waals surface area contributed by atoms with Gasteiger partial charge < -0.3 is 51.6 Å². The quantitative estimate of drug-likeness (QED) is 0.0298. The van der Waals surface area contributed by atoms with Crippen molar-refractivity contribution in [2.45, 2.75) is 91.4 Å². The highest BCUT2D eigenvalue weighted by molar-refractivity contribution is 6.09. The summed E-state index contributed by atoms with van der Waals surface area (Å²) in [5.41, 5.74) is 3.54. The van der Waals surface area contributed by atoms with Crippen LogP contribution in [0.15, 0.2) is 83.3 Å². The van der Waals surface area contributed by atoms with E-state index < -0.39 is 59.8 Å². The van der Waals surface area contributed by atoms with Crippen LogP contribution in [0.3, 0.4) is 0 Å². The van der Waals surface area contributed by atoms with Crippen molar-refractivity contribution in [1.29, 1.82) is 0 Å². The summed E-state index contributed by atoms with van der Waals surface area (Å²) in [6.45, 7) is 11.8. The van der Waals surface area contributed by atoms with Crippen molar-refractivity contribution >= 4 is 58.2 Å². The Labute approximate surface area is 421 Å². The number of aromatic carboxylic acids is 1. The SMILES string of the molecule is CC(C)[C@H](NC(=O)N[C@H](C(=O)N[C@H]1/C=C/CCNC(=O)/C=C/[C@H](C(C)C)NC1=O)C(C)C)C(=O)NCCCCCNC(=O)c1ccc(-c2c3ccc(=[N+](C)C)cc-3oc3cc(N(C)C)ccc23)c(C(=O)O)c1. The summed E-state index contributed by atoms with van der Waals surface area (Å²) in [6.07, 6.45) is 8.48. The van der Waals surface area contributed by atoms with Gasteiger partial charge in [0.2, 0.25) is 29.0 Å². The van der Waals surface area contributed by atoms with Gasteiger partial charge in [0.25, 0.3) is 5.91 Å². The van der Waals surface area contributed by atoms with Crippen LogP contribution in [0, 0.1) is 17.8 Å². The van der Waals surface area contributed by atoms with Crippen molar-refractivity contribution in [2.75, 3.05) is 52.7 Å². The lowest BCUT2D eigenvalue weighted by atomic mass is 9.89. The van der Waals surface area contributed by atoms with Crippen molar-refractivity contribution < 1.29 is 43.1 Å². The van der Waals surface area contributed by atoms with Gasteiger partial charge in [-0.15, -0.1) is 0 Å². The topological polar surface area (TPSA) is 243 Å². The van der Waals surface area contributed by atoms with Gasteiger partial charge in [-0.25, -0.2) is 14.2 Å². The summed E-state index contributed by atoms with van der Waals surface area (Å²) in [6, 6.07) is 12.0. The average molecular weight is 991 g/mol. The van der Waals surface area contributed by atoms with E-state index >= 15 is 0 Å². The van der Waals surface area contributed by atoms with E-state index in [-0.39, 0.29) is 34.8 Å². The van der Waals surface area contributed by atoms with Gasteiger partial charge in [-0.1, -0.05) is 65.8 Å². The first kappa shape index (κ1) is 55.4. The molecule has 386 valence electrons. The number of urea groups is 1. The van der Waals surface area contributed by atoms with E-state index in [1.807, 2.05) is 87.9 Å². The van der Waals surface area contributed by atoms with E-state index in [2.05, 4.69) is 37.2 Å². The molecule has 1 aliphatic carbocycles. The van der Waals surface area contributed by atoms with Crippen molar-refractivity contribution in [1.82, 2.24) is 41.8 Å². The van der Waals surface area contributed by atoms with Gasteiger partial charge in [-0.05, 0) is 79.3 Å². The van der Waals surface area contributed by atoms with Gasteiger partial charge in [-0.3, -0.25) is 24.0 Å². The second kappa shape index (κ2) is 25.6. The monoisotopic (exact) mass is 991 g/mol. The highest BCUT2D eigenvalue weighted by atomic mass is 16.4. The number of nitrogens with zero attached hydrogens (tertiary/aromatic N) is 2. The predicted octanol–water partition coefficient (Wildman–Crippen LogP) is 4.62. The molecular formula is C54H72N9O9+. The van der Waals surface area contributed by atoms with Gasteiger partial charge in [-0.2, -0.15) is 0 Å². The molecule has 0 bridgehead atoms. The number of rotatable bonds is 18. The standard InChI is InChI=1S/C54H71N9O9/c1-31(2)41-23-24-45(64)55-25-15-12-16-42(50(66)58-41)59-52(68)48(33(5)6)61-54(71)60-47(32(3)4)51(67)57-27-14-11-13-26-56-49(65)34-17-20-37(40(28-34)53(69)70)46-38-21-18-35(62(7)8)29-43(38)72-44-30-36(63(9)10)19-22-39(44)46/h12,16-24,28-33,41-42,47-48H,11,13-15,25-27H2,1-10H3,(H7-,55,56,57,58,59,60,61,64,65,66,67,68,69,70,71)/p+1/b16-12+,24-23+/t41-,42+,47+,48+/m1/s1. The maximum atomic E-state index is 13.6. The summed E-state index contributed by atoms with van der Waals surface area (Å²) in [5, 5.41) is 31.7. The summed E-state index contributed by atoms with van der Waals surface area (Å²) >= 11 is 0. The minimum Gasteiger partial charge on any atom is -0.478 e. The third kappa shape index (κ3) is 14.8. The average Bonchev–Trinajstić information content (AvgIpc) is 3.32. The van der Waals surface area contributed by atoms with Crippen molar-refractivity contribution in [3.05, 3.63) is 95.4 Å². The van der Waals surface area contributed by atoms with E-state index in [4.69, 9.17) is 4.42 Å². The number of fused-ring (bicyclic) bond motifs is 2. The number of nitrogens with one attached hydrogen (secondary N) is 7. The molecule has 3 aliphatic rings. The van der Waals surface area contributed by atoms with E-state index in [0.717, 1.165) is 22.0 Å². The van der Waals surface area contributed by atoms with E-state index in [9.17, 15) is 38.7 Å². The van der Waals surface area contributed by atoms with Crippen LogP contribution < -0.4 is 52.1 Å². The zero-order valence-electron chi connectivity index (χ0n) is 43.1. The number of hydrogen-bond acceptors (Lipinski definition) is 9. The highest BCUT2D eigenvalue weighted by Gasteiger charge is 2.31. The lowest BCUT2D eigenvalue weighted by molar-refractivity contribution is -0.129. The Bertz CT molecular complexity index is 2730. The van der Waals surface area contributed by atoms with Crippen molar-refractivity contribution in [3.8, 4) is 22.5 Å². The molecular weight excluding hydrogens is 919 g/mol. The van der Waals surface area contributed by atoms with Crippen LogP contribution in [0.5, 0.6) is 0 Å². The number of carboxylic acid groups (broad SMARTS) is 1. The summed E-state index contributed by atoms with van der Waals surface area (Å²) in [4.78, 5) is 94.0. The molecule has 0 radical (unpaired) electrons. The van der Waals surface area contributed by atoms with E-state index in [1.54, 1.807) is 58.1 Å². The third-order valence-electron chi connectivity index (χ3n) is 12.4. The molecule has 7 amide bonds. The van der Waals surface area contributed by atoms with Crippen LogP contribution in [0.25, 0.3) is 33.4 Å². The molecule has 0 fully saturated rings. The molecule has 8 N–H and O–H groups in total. The number of carboxylic acids is 1. The Morgan fingerprint density at radius 1 is 0.806 bits per heavy atom. The number of carbonyl (C=O) groups is 7. The molecule has 72 heavy (non-hydrogen) atoms. The normalized spacial score (nSPS) is 16.9. The number of amides is 7. The van der Waals surface area contributed by atoms with E-state index in [0.29, 0.717) is 67.8 Å². The first-order valence-electron chi connectivity index (χ1n) is 24.6. The van der Waals surface area contributed by atoms with Crippen molar-refractivity contribution in [3.63, 3.8) is 0 Å². The van der Waals surface area contributed by atoms with Gasteiger partial charge in [0.15, 0.2) is 0 Å². The van der Waals surface area contributed by atoms with Crippen LogP contribution in [0.4, 0.5) is 10.5 Å². The van der Waals surface area contributed by atoms with Gasteiger partial charge in [0.1, 0.15) is 43.6 Å². The molecule has 2 aliphatic heterocycles. The van der Waals surface area contributed by atoms with Crippen LogP contribution in [0.2, 0.25) is 0 Å². The molecule has 0 saturated carbocycles. The largest absolute Gasteiger partial charge is 0.478 e. The maximum Gasteiger partial charge on any atom is 0.336 e. The Morgan fingerprint density at radius 2 is 1.47 bits per heavy atom. The number of hydrogen-bond donors (Lipinski definition) is 8. The second-order valence-electron chi connectivity index (χ2n) is 19.5. The Hall–Kier alpha value is -7.50. The fraction of sp³-hybridized carbons (Fsp3) is 0.444. The minimum absolute atomic E-state index is 0.0276. The Morgan fingerprint density at radius 3 is 2.11 bits per heavy atom. The molecule has 2 aromatic carbocycles. The number of anilines is 1. The Kier molecular flexibility index (Phi) is 19.7. The van der Waals surface area contributed by atoms with Crippen LogP contribution in [-0.2, 0) is 19.2 Å². The van der Waals surface area contributed by atoms with Crippen LogP contribution in [0.1, 0.15) is 87.9 Å². The van der Waals surface area contributed by atoms with Crippen LogP contribution in [-0.4, -0.2) is 119 Å². The molecule has 18 heteroatoms. The third-order valence-corrected chi connectivity index (χ3v) is 12.4. The first-order chi connectivity index (χ1) is 34.2. The zero-order chi connectivity index (χ0) is 52.8. The van der Waals surface area contributed by atoms with Gasteiger partial charge in [0, 0.05) is 85.7 Å². The molecule has 2 heterocycles. The molecule has 0 saturated heterocycles. The van der Waals surface area contributed by atoms with E-state index in [1.165, 1.54) is 12.1 Å². The number of carbonyl (C=O) groups excluding carboxylic acids is 6. The number of benzene rings is 3. The molecule has 5 rings (SSSR count). The fourth-order valence-corrected chi connectivity index (χ4v) is 8.14. The fourth-order valence-electron chi connectivity index (χ4n) is 8.14. The maximum absolute atomic E-state index is 13.6. The molecule has 0 spiro atoms. The second-order valence-corrected chi connectivity index (χ2v) is 19.5. The zero-order valence-corrected chi connectivity index (χ0v) is 43.1. The summed E-state index contributed by atoms with van der Waals surface area (Å²) in [7, 11) is 7.72. The lowest BCUT2D eigenvalue weighted by Gasteiger charge is -2.27. The molecule has 0 unspecified atom stereocenters. The number of unbranched alkanes of at least 4 members (excludes halogenated alkanes) is 2.